The zero-order chi connectivity index (χ0) is 8.36. The molecule has 0 N–H and O–H groups in total. The molecule has 0 aliphatic heterocycles. The third-order valence-electron chi connectivity index (χ3n) is 0.526. The van der Waals surface area contributed by atoms with Crippen LogP contribution < -0.4 is 0 Å². The van der Waals surface area contributed by atoms with E-state index in [0.29, 0.717) is 0 Å². The molecule has 0 amide bonds. The minimum absolute atomic E-state index is 1.87. The van der Waals surface area contributed by atoms with Gasteiger partial charge in [0.25, 0.3) is 0 Å². The van der Waals surface area contributed by atoms with Crippen LogP contribution in [0.4, 0.5) is 0 Å². The van der Waals surface area contributed by atoms with Crippen LogP contribution in [0.15, 0.2) is 0 Å². The van der Waals surface area contributed by atoms with E-state index in [1.54, 1.807) is 0 Å². The van der Waals surface area contributed by atoms with Gasteiger partial charge in [0.15, 0.2) is 0 Å². The van der Waals surface area contributed by atoms with Crippen molar-refractivity contribution in [2.75, 3.05) is 0 Å². The van der Waals surface area contributed by atoms with Crippen LogP contribution in [0.1, 0.15) is 0 Å². The molecule has 0 unspecified atom stereocenters. The van der Waals surface area contributed by atoms with Crippen molar-refractivity contribution in [1.82, 2.24) is 0 Å². The maximum absolute atomic E-state index is 6.39. The van der Waals surface area contributed by atoms with Gasteiger partial charge in [0, 0.05) is 13.3 Å². The summed E-state index contributed by atoms with van der Waals surface area (Å²) in [4.78, 5) is 0. The molecule has 0 atom stereocenters. The Kier molecular flexibility index (Phi) is 6.24. The summed E-state index contributed by atoms with van der Waals surface area (Å²) in [5.74, 6) is 20.9. The van der Waals surface area contributed by atoms with Crippen LogP contribution in [0.5, 0.6) is 0 Å². The van der Waals surface area contributed by atoms with Gasteiger partial charge in [-0.1, -0.05) is 5.92 Å². The molecule has 0 aliphatic rings. The Morgan fingerprint density at radius 3 is 1.64 bits per heavy atom. The summed E-state index contributed by atoms with van der Waals surface area (Å²) in [5, 5.41) is 0. The van der Waals surface area contributed by atoms with Crippen molar-refractivity contribution in [2.45, 2.75) is 0 Å². The zero-order valence-corrected chi connectivity index (χ0v) is 5.71. The second kappa shape index (κ2) is 7.80. The number of rotatable bonds is 0. The minimum Gasteiger partial charge on any atom is -0.0881 e. The zero-order valence-electron chi connectivity index (χ0n) is 5.71. The molecule has 0 bridgehead atoms. The van der Waals surface area contributed by atoms with Gasteiger partial charge >= 0.3 is 0 Å². The first-order chi connectivity index (χ1) is 5.41. The predicted molar refractivity (Wildman–Crippen MR) is 43.6 cm³/mol. The fraction of sp³-hybridized carbons (Fsp3) is 0. The van der Waals surface area contributed by atoms with Crippen LogP contribution in [-0.4, -0.2) is 0 Å². The number of hydrogen-bond acceptors (Lipinski definition) is 0. The van der Waals surface area contributed by atoms with Crippen molar-refractivity contribution >= 4 is 0 Å². The largest absolute Gasteiger partial charge is 0.0881 e. The minimum atomic E-state index is 1.87. The summed E-state index contributed by atoms with van der Waals surface area (Å²) in [5.41, 5.74) is 0. The highest BCUT2D eigenvalue weighted by atomic mass is 13.5. The topological polar surface area (TPSA) is 0 Å². The Balaban J connectivity index is 4.04. The molecule has 0 heterocycles. The molecule has 0 saturated heterocycles. The van der Waals surface area contributed by atoms with Crippen LogP contribution >= 0.6 is 0 Å². The maximum atomic E-state index is 6.39. The number of hydrogen-bond donors (Lipinski definition) is 0. The van der Waals surface area contributed by atoms with Gasteiger partial charge < -0.3 is 0 Å². The Hall–Kier alpha value is -2.20. The molecule has 0 aromatic rings. The molecule has 0 aliphatic carbocycles. The normalized spacial score (nSPS) is 3.64. The molecule has 0 heteroatoms. The van der Waals surface area contributed by atoms with E-state index in [1.165, 1.54) is 0 Å². The summed E-state index contributed by atoms with van der Waals surface area (Å²) < 4.78 is 0. The smallest absolute Gasteiger partial charge is 0.0209 e. The van der Waals surface area contributed by atoms with Crippen molar-refractivity contribution in [3.63, 3.8) is 0 Å². The highest BCUT2D eigenvalue weighted by Crippen LogP contribution is 1.54. The van der Waals surface area contributed by atoms with Crippen LogP contribution in [0.3, 0.4) is 0 Å². The average molecular weight is 134 g/mol. The summed E-state index contributed by atoms with van der Waals surface area (Å²) in [6.45, 7) is 3.26. The van der Waals surface area contributed by atoms with Gasteiger partial charge in [-0.25, -0.2) is 0 Å². The Morgan fingerprint density at radius 1 is 0.727 bits per heavy atom. The lowest BCUT2D eigenvalue weighted by Crippen LogP contribution is -1.52. The van der Waals surface area contributed by atoms with E-state index in [1.807, 2.05) is 5.92 Å². The second-order valence-corrected chi connectivity index (χ2v) is 1.18. The van der Waals surface area contributed by atoms with Crippen LogP contribution in [0.25, 0.3) is 0 Å². The summed E-state index contributed by atoms with van der Waals surface area (Å²) in [6, 6.07) is 0. The van der Waals surface area contributed by atoms with E-state index in [0.717, 1.165) is 0 Å². The van der Waals surface area contributed by atoms with E-state index in [9.17, 15) is 0 Å². The molecule has 0 aromatic heterocycles. The molecule has 0 fully saturated rings. The molecule has 0 saturated carbocycles. The monoisotopic (exact) mass is 134 g/mol. The third-order valence-corrected chi connectivity index (χ3v) is 0.526. The van der Waals surface area contributed by atoms with Crippen LogP contribution in [-0.2, 0) is 0 Å². The van der Waals surface area contributed by atoms with Crippen molar-refractivity contribution in [3.8, 4) is 53.3 Å². The van der Waals surface area contributed by atoms with Gasteiger partial charge in [-0.3, -0.25) is 0 Å². The van der Waals surface area contributed by atoms with Crippen LogP contribution in [0.2, 0.25) is 0 Å². The predicted octanol–water partition coefficient (Wildman–Crippen LogP) is 0.424. The fourth-order valence-electron chi connectivity index (χ4n) is 0.232. The molecular weight excluding hydrogens is 132 g/mol. The summed E-state index contributed by atoms with van der Waals surface area (Å²) >= 11 is 0. The first kappa shape index (κ1) is 8.80. The molecule has 0 rings (SSSR count). The quantitative estimate of drug-likeness (QED) is 0.421. The van der Waals surface area contributed by atoms with Crippen molar-refractivity contribution in [2.24, 2.45) is 0 Å². The van der Waals surface area contributed by atoms with E-state index < -0.39 is 0 Å². The molecule has 11 heavy (non-hydrogen) atoms. The fourth-order valence-corrected chi connectivity index (χ4v) is 0.232. The van der Waals surface area contributed by atoms with E-state index >= 15 is 0 Å². The SMILES string of the molecule is [C]#CC#CC#CC#CC#C[CH2]. The highest BCUT2D eigenvalue weighted by Gasteiger charge is 1.53. The maximum Gasteiger partial charge on any atom is 0.0209 e. The first-order valence-corrected chi connectivity index (χ1v) is 2.60. The second-order valence-electron chi connectivity index (χ2n) is 1.18. The Labute approximate surface area is 67.4 Å². The van der Waals surface area contributed by atoms with Crippen molar-refractivity contribution in [1.29, 1.82) is 0 Å². The van der Waals surface area contributed by atoms with Gasteiger partial charge in [0.2, 0.25) is 0 Å². The van der Waals surface area contributed by atoms with Crippen LogP contribution in [0, 0.1) is 66.6 Å². The van der Waals surface area contributed by atoms with Gasteiger partial charge in [-0.15, -0.1) is 0 Å². The Morgan fingerprint density at radius 2 is 1.18 bits per heavy atom. The molecular formula is C11H2. The van der Waals surface area contributed by atoms with E-state index in [4.69, 9.17) is 6.42 Å². The highest BCUT2D eigenvalue weighted by molar-refractivity contribution is 5.41. The van der Waals surface area contributed by atoms with E-state index in [2.05, 4.69) is 54.3 Å². The average Bonchev–Trinajstić information content (AvgIpc) is 2.03. The van der Waals surface area contributed by atoms with Gasteiger partial charge in [-0.05, 0) is 47.4 Å². The summed E-state index contributed by atoms with van der Waals surface area (Å²) in [6.07, 6.45) is 6.39. The van der Waals surface area contributed by atoms with Gasteiger partial charge in [0.05, 0.1) is 0 Å². The standard InChI is InChI=1S/C11H2/c1-3-5-7-9-11-10-8-6-4-2/h1H2. The molecule has 2 radical (unpaired) electrons. The molecule has 0 spiro atoms. The lowest BCUT2D eigenvalue weighted by atomic mass is 10.5. The molecule has 0 nitrogen and oxygen atoms in total. The Bertz CT molecular complexity index is 386. The summed E-state index contributed by atoms with van der Waals surface area (Å²) in [7, 11) is 0. The lowest BCUT2D eigenvalue weighted by molar-refractivity contribution is 2.31. The van der Waals surface area contributed by atoms with Crippen molar-refractivity contribution < 1.29 is 0 Å². The third kappa shape index (κ3) is 7.80. The molecule has 0 aromatic carbocycles. The first-order valence-electron chi connectivity index (χ1n) is 2.60. The van der Waals surface area contributed by atoms with Gasteiger partial charge in [-0.2, -0.15) is 0 Å². The van der Waals surface area contributed by atoms with Crippen molar-refractivity contribution in [3.05, 3.63) is 13.3 Å². The molecule has 46 valence electrons. The van der Waals surface area contributed by atoms with E-state index in [-0.39, 0.29) is 0 Å². The lowest BCUT2D eigenvalue weighted by Gasteiger charge is -1.53. The van der Waals surface area contributed by atoms with Gasteiger partial charge in [0.1, 0.15) is 0 Å².